The molecule has 0 radical (unpaired) electrons. The molecule has 3 heteroatoms. The van der Waals surface area contributed by atoms with Crippen molar-refractivity contribution < 1.29 is 9.53 Å². The van der Waals surface area contributed by atoms with E-state index in [1.807, 2.05) is 32.9 Å². The maximum Gasteiger partial charge on any atom is 0.261 e. The zero-order valence-corrected chi connectivity index (χ0v) is 13.2. The van der Waals surface area contributed by atoms with Crippen LogP contribution >= 0.6 is 0 Å². The van der Waals surface area contributed by atoms with E-state index < -0.39 is 6.10 Å². The largest absolute Gasteiger partial charge is 0.481 e. The second-order valence-corrected chi connectivity index (χ2v) is 6.87. The minimum absolute atomic E-state index is 0.0201. The van der Waals surface area contributed by atoms with Crippen molar-refractivity contribution in [3.05, 3.63) is 29.3 Å². The van der Waals surface area contributed by atoms with Gasteiger partial charge in [0.15, 0.2) is 6.10 Å². The first-order valence-corrected chi connectivity index (χ1v) is 8.06. The Morgan fingerprint density at radius 1 is 1.19 bits per heavy atom. The number of aryl methyl sites for hydroxylation is 2. The lowest BCUT2D eigenvalue weighted by molar-refractivity contribution is -0.128. The Kier molecular flexibility index (Phi) is 3.92. The predicted molar refractivity (Wildman–Crippen MR) is 83.4 cm³/mol. The molecule has 2 aliphatic carbocycles. The summed E-state index contributed by atoms with van der Waals surface area (Å²) >= 11 is 0. The molecule has 2 bridgehead atoms. The average molecular weight is 287 g/mol. The van der Waals surface area contributed by atoms with Gasteiger partial charge < -0.3 is 10.1 Å². The van der Waals surface area contributed by atoms with Gasteiger partial charge in [0.1, 0.15) is 5.75 Å². The molecule has 1 aromatic rings. The molecule has 2 aliphatic rings. The number of rotatable bonds is 4. The van der Waals surface area contributed by atoms with E-state index >= 15 is 0 Å². The molecule has 0 saturated heterocycles. The van der Waals surface area contributed by atoms with Gasteiger partial charge in [-0.15, -0.1) is 0 Å². The van der Waals surface area contributed by atoms with Crippen LogP contribution in [0.25, 0.3) is 0 Å². The first-order chi connectivity index (χ1) is 10.0. The van der Waals surface area contributed by atoms with Crippen molar-refractivity contribution in [1.82, 2.24) is 5.32 Å². The first kappa shape index (κ1) is 14.4. The highest BCUT2D eigenvalue weighted by Gasteiger charge is 2.40. The number of hydrogen-bond acceptors (Lipinski definition) is 2. The van der Waals surface area contributed by atoms with Crippen LogP contribution in [-0.4, -0.2) is 18.1 Å². The summed E-state index contributed by atoms with van der Waals surface area (Å²) in [6.07, 6.45) is 4.66. The molecule has 0 aliphatic heterocycles. The van der Waals surface area contributed by atoms with Gasteiger partial charge in [0.05, 0.1) is 0 Å². The molecule has 3 nitrogen and oxygen atoms in total. The lowest BCUT2D eigenvalue weighted by atomic mass is 9.95. The summed E-state index contributed by atoms with van der Waals surface area (Å²) in [5.74, 6) is 2.35. The van der Waals surface area contributed by atoms with Gasteiger partial charge in [-0.2, -0.15) is 0 Å². The molecule has 0 unspecified atom stereocenters. The minimum atomic E-state index is -0.440. The van der Waals surface area contributed by atoms with Crippen molar-refractivity contribution in [3.63, 3.8) is 0 Å². The van der Waals surface area contributed by atoms with Crippen LogP contribution < -0.4 is 10.1 Å². The topological polar surface area (TPSA) is 38.3 Å². The zero-order chi connectivity index (χ0) is 15.0. The third-order valence-corrected chi connectivity index (χ3v) is 4.94. The normalized spacial score (nSPS) is 28.4. The van der Waals surface area contributed by atoms with Gasteiger partial charge in [0, 0.05) is 6.04 Å². The van der Waals surface area contributed by atoms with E-state index in [9.17, 15) is 4.79 Å². The Morgan fingerprint density at radius 3 is 2.48 bits per heavy atom. The standard InChI is InChI=1S/C18H25NO2/c1-11-6-12(2)8-16(7-11)21-13(3)18(20)19-17-10-14-4-5-15(17)9-14/h6-8,13-15,17H,4-5,9-10H2,1-3H3,(H,19,20)/t13-,14-,15-,17-/m1/s1. The van der Waals surface area contributed by atoms with Crippen LogP contribution in [0.1, 0.15) is 43.7 Å². The highest BCUT2D eigenvalue weighted by Crippen LogP contribution is 2.44. The Morgan fingerprint density at radius 2 is 1.90 bits per heavy atom. The molecule has 2 fully saturated rings. The summed E-state index contributed by atoms with van der Waals surface area (Å²) < 4.78 is 5.82. The highest BCUT2D eigenvalue weighted by molar-refractivity contribution is 5.81. The molecule has 114 valence electrons. The van der Waals surface area contributed by atoms with Crippen LogP contribution in [0.5, 0.6) is 5.75 Å². The van der Waals surface area contributed by atoms with E-state index in [1.165, 1.54) is 19.3 Å². The van der Waals surface area contributed by atoms with E-state index in [0.717, 1.165) is 29.2 Å². The monoisotopic (exact) mass is 287 g/mol. The molecule has 0 aromatic heterocycles. The van der Waals surface area contributed by atoms with Gasteiger partial charge in [-0.05, 0) is 75.1 Å². The van der Waals surface area contributed by atoms with Crippen LogP contribution in [0.3, 0.4) is 0 Å². The molecule has 1 amide bonds. The van der Waals surface area contributed by atoms with Crippen molar-refractivity contribution in [2.24, 2.45) is 11.8 Å². The summed E-state index contributed by atoms with van der Waals surface area (Å²) in [5.41, 5.74) is 2.32. The van der Waals surface area contributed by atoms with E-state index in [0.29, 0.717) is 12.0 Å². The van der Waals surface area contributed by atoms with E-state index in [1.54, 1.807) is 0 Å². The molecule has 4 atom stereocenters. The zero-order valence-electron chi connectivity index (χ0n) is 13.2. The number of fused-ring (bicyclic) bond motifs is 2. The summed E-state index contributed by atoms with van der Waals surface area (Å²) in [7, 11) is 0. The Labute approximate surface area is 127 Å². The smallest absolute Gasteiger partial charge is 0.261 e. The SMILES string of the molecule is Cc1cc(C)cc(O[C@H](C)C(=O)N[C@@H]2C[C@@H]3CC[C@@H]2C3)c1. The average Bonchev–Trinajstić information content (AvgIpc) is 2.99. The first-order valence-electron chi connectivity index (χ1n) is 8.06. The molecule has 1 N–H and O–H groups in total. The van der Waals surface area contributed by atoms with Crippen molar-refractivity contribution in [2.45, 2.75) is 58.6 Å². The lowest BCUT2D eigenvalue weighted by Gasteiger charge is -2.25. The quantitative estimate of drug-likeness (QED) is 0.922. The molecule has 2 saturated carbocycles. The predicted octanol–water partition coefficient (Wildman–Crippen LogP) is 3.38. The summed E-state index contributed by atoms with van der Waals surface area (Å²) in [4.78, 5) is 12.3. The fourth-order valence-corrected chi connectivity index (χ4v) is 3.98. The Hall–Kier alpha value is -1.51. The number of amides is 1. The molecule has 3 rings (SSSR count). The fraction of sp³-hybridized carbons (Fsp3) is 0.611. The number of carbonyl (C=O) groups excluding carboxylic acids is 1. The lowest BCUT2D eigenvalue weighted by Crippen LogP contribution is -2.44. The van der Waals surface area contributed by atoms with Crippen LogP contribution in [0.4, 0.5) is 0 Å². The maximum absolute atomic E-state index is 12.3. The van der Waals surface area contributed by atoms with Crippen molar-refractivity contribution in [1.29, 1.82) is 0 Å². The van der Waals surface area contributed by atoms with Crippen molar-refractivity contribution in [3.8, 4) is 5.75 Å². The maximum atomic E-state index is 12.3. The van der Waals surface area contributed by atoms with E-state index in [-0.39, 0.29) is 5.91 Å². The van der Waals surface area contributed by atoms with Gasteiger partial charge >= 0.3 is 0 Å². The molecule has 0 heterocycles. The third-order valence-electron chi connectivity index (χ3n) is 4.94. The number of carbonyl (C=O) groups is 1. The third kappa shape index (κ3) is 3.22. The number of hydrogen-bond donors (Lipinski definition) is 1. The summed E-state index contributed by atoms with van der Waals surface area (Å²) in [6.45, 7) is 5.92. The molecule has 1 aromatic carbocycles. The van der Waals surface area contributed by atoms with Crippen molar-refractivity contribution in [2.75, 3.05) is 0 Å². The van der Waals surface area contributed by atoms with Crippen LogP contribution in [0, 0.1) is 25.7 Å². The van der Waals surface area contributed by atoms with E-state index in [2.05, 4.69) is 11.4 Å². The fourth-order valence-electron chi connectivity index (χ4n) is 3.98. The van der Waals surface area contributed by atoms with Gasteiger partial charge in [-0.25, -0.2) is 0 Å². The summed E-state index contributed by atoms with van der Waals surface area (Å²) in [5, 5.41) is 3.20. The van der Waals surface area contributed by atoms with Gasteiger partial charge in [-0.3, -0.25) is 4.79 Å². The molecule has 0 spiro atoms. The molecular formula is C18H25NO2. The van der Waals surface area contributed by atoms with E-state index in [4.69, 9.17) is 4.74 Å². The Bertz CT molecular complexity index is 520. The van der Waals surface area contributed by atoms with Gasteiger partial charge in [0.25, 0.3) is 5.91 Å². The van der Waals surface area contributed by atoms with Crippen LogP contribution in [0.2, 0.25) is 0 Å². The highest BCUT2D eigenvalue weighted by atomic mass is 16.5. The minimum Gasteiger partial charge on any atom is -0.481 e. The molecular weight excluding hydrogens is 262 g/mol. The Balaban J connectivity index is 1.57. The second kappa shape index (κ2) is 5.70. The molecule has 21 heavy (non-hydrogen) atoms. The second-order valence-electron chi connectivity index (χ2n) is 6.87. The summed E-state index contributed by atoms with van der Waals surface area (Å²) in [6, 6.07) is 6.44. The number of benzene rings is 1. The van der Waals surface area contributed by atoms with Crippen LogP contribution in [-0.2, 0) is 4.79 Å². The van der Waals surface area contributed by atoms with Gasteiger partial charge in [0.2, 0.25) is 0 Å². The van der Waals surface area contributed by atoms with Crippen molar-refractivity contribution >= 4 is 5.91 Å². The number of nitrogens with one attached hydrogen (secondary N) is 1. The van der Waals surface area contributed by atoms with Gasteiger partial charge in [-0.1, -0.05) is 12.5 Å². The number of ether oxygens (including phenoxy) is 1. The van der Waals surface area contributed by atoms with Crippen LogP contribution in [0.15, 0.2) is 18.2 Å².